The van der Waals surface area contributed by atoms with Gasteiger partial charge in [0.15, 0.2) is 0 Å². The number of pyridine rings is 3. The number of carbonyl (C=O) groups excluding carboxylic acids is 2. The highest BCUT2D eigenvalue weighted by Gasteiger charge is 2.45. The van der Waals surface area contributed by atoms with Gasteiger partial charge in [-0.3, -0.25) is 24.4 Å². The van der Waals surface area contributed by atoms with Crippen LogP contribution in [-0.4, -0.2) is 100.0 Å². The van der Waals surface area contributed by atoms with Crippen molar-refractivity contribution >= 4 is 27.6 Å². The Kier molecular flexibility index (Phi) is 21.3. The molecule has 1 amide bonds. The summed E-state index contributed by atoms with van der Waals surface area (Å²) in [6.07, 6.45) is 3.36. The number of hydrogen-bond acceptors (Lipinski definition) is 16. The van der Waals surface area contributed by atoms with E-state index in [-0.39, 0.29) is 34.6 Å². The van der Waals surface area contributed by atoms with E-state index in [4.69, 9.17) is 4.84 Å². The molecule has 0 aliphatic heterocycles. The van der Waals surface area contributed by atoms with Gasteiger partial charge >= 0.3 is 19.1 Å². The number of rotatable bonds is 12. The van der Waals surface area contributed by atoms with Crippen molar-refractivity contribution in [1.29, 1.82) is 0 Å². The van der Waals surface area contributed by atoms with Gasteiger partial charge in [0, 0.05) is 90.5 Å². The monoisotopic (exact) mass is 1230 g/mol. The van der Waals surface area contributed by atoms with Gasteiger partial charge in [0.25, 0.3) is 5.91 Å². The fourth-order valence-electron chi connectivity index (χ4n) is 7.26. The molecule has 84 heavy (non-hydrogen) atoms. The Morgan fingerprint density at radius 3 is 1.15 bits per heavy atom. The number of hydrogen-bond donors (Lipinski definition) is 1. The molecule has 0 aliphatic rings. The summed E-state index contributed by atoms with van der Waals surface area (Å²) in [7, 11) is 2.94. The molecule has 9 aromatic rings. The van der Waals surface area contributed by atoms with Gasteiger partial charge in [-0.2, -0.15) is 0 Å². The van der Waals surface area contributed by atoms with E-state index < -0.39 is 30.1 Å². The summed E-state index contributed by atoms with van der Waals surface area (Å²) in [4.78, 5) is 63.7. The summed E-state index contributed by atoms with van der Waals surface area (Å²) >= 11 is 3.21. The van der Waals surface area contributed by atoms with Gasteiger partial charge in [0.2, 0.25) is 5.78 Å². The van der Waals surface area contributed by atoms with E-state index in [0.717, 1.165) is 16.2 Å². The van der Waals surface area contributed by atoms with Crippen molar-refractivity contribution in [2.45, 2.75) is 45.5 Å². The largest absolute Gasteiger partial charge is 0.573 e. The molecule has 0 aliphatic carbocycles. The molecule has 436 valence electrons. The van der Waals surface area contributed by atoms with Crippen LogP contribution in [0.5, 0.6) is 17.2 Å². The molecule has 27 heteroatoms. The minimum atomic E-state index is -4.73. The fourth-order valence-corrected chi connectivity index (χ4v) is 7.50. The molecule has 0 spiro atoms. The molecule has 0 saturated carbocycles. The summed E-state index contributed by atoms with van der Waals surface area (Å²) in [5.74, 6) is -1.42. The third-order valence-corrected chi connectivity index (χ3v) is 11.8. The summed E-state index contributed by atoms with van der Waals surface area (Å²) < 4.78 is 121. The summed E-state index contributed by atoms with van der Waals surface area (Å²) in [5.41, 5.74) is 4.06. The first kappa shape index (κ1) is 63.8. The highest BCUT2D eigenvalue weighted by atomic mass is 79.9. The Morgan fingerprint density at radius 2 is 0.821 bits per heavy atom. The number of benzene rings is 3. The second kappa shape index (κ2) is 28.1. The molecule has 1 unspecified atom stereocenters. The van der Waals surface area contributed by atoms with E-state index in [1.165, 1.54) is 131 Å². The van der Waals surface area contributed by atoms with Crippen LogP contribution < -0.4 is 14.2 Å². The first-order valence-corrected chi connectivity index (χ1v) is 24.9. The molecule has 17 nitrogen and oxygen atoms in total. The van der Waals surface area contributed by atoms with E-state index >= 15 is 0 Å². The molecular formula is C57H46BrF9N10O7. The zero-order valence-corrected chi connectivity index (χ0v) is 46.1. The van der Waals surface area contributed by atoms with Gasteiger partial charge in [-0.05, 0) is 87.2 Å². The van der Waals surface area contributed by atoms with E-state index in [0.29, 0.717) is 49.2 Å². The van der Waals surface area contributed by atoms with Crippen LogP contribution in [-0.2, 0) is 10.4 Å². The van der Waals surface area contributed by atoms with Crippen molar-refractivity contribution in [2.75, 3.05) is 14.2 Å². The Bertz CT molecular complexity index is 3510. The lowest BCUT2D eigenvalue weighted by atomic mass is 9.70. The lowest BCUT2D eigenvalue weighted by molar-refractivity contribution is -0.275. The highest BCUT2D eigenvalue weighted by molar-refractivity contribution is 9.10. The predicted octanol–water partition coefficient (Wildman–Crippen LogP) is 12.9. The number of ether oxygens (including phenoxy) is 3. The number of aliphatic hydroxyl groups is 1. The van der Waals surface area contributed by atoms with E-state index in [9.17, 15) is 54.2 Å². The Labute approximate surface area is 481 Å². The SMILES string of the molecule is CC(C)(C)C(O)(c1cncnc1)c1ccc(-c2ccc(OC(F)(F)F)cc2)cn1.CON(C)C(=O)c1cncnc1.FC(F)(F)Oc1ccc(-c2ccc(Br)nc2)cc1.O=C(c1cncnc1)c1ccc(-c2ccc(OC(F)(F)F)cc2)cn1. The zero-order valence-electron chi connectivity index (χ0n) is 44.5. The summed E-state index contributed by atoms with van der Waals surface area (Å²) in [6.45, 7) is 5.65. The van der Waals surface area contributed by atoms with Crippen LogP contribution in [0.4, 0.5) is 39.5 Å². The molecule has 6 heterocycles. The molecule has 9 rings (SSSR count). The lowest BCUT2D eigenvalue weighted by Gasteiger charge is -2.39. The maximum atomic E-state index is 12.3. The number of aromatic nitrogens is 9. The zero-order chi connectivity index (χ0) is 61.3. The summed E-state index contributed by atoms with van der Waals surface area (Å²) in [5, 5.41) is 12.6. The maximum absolute atomic E-state index is 12.3. The number of amides is 1. The second-order valence-electron chi connectivity index (χ2n) is 18.1. The van der Waals surface area contributed by atoms with Crippen molar-refractivity contribution < 1.29 is 73.3 Å². The normalized spacial score (nSPS) is 12.0. The van der Waals surface area contributed by atoms with Crippen molar-refractivity contribution in [3.63, 3.8) is 0 Å². The molecule has 0 saturated heterocycles. The van der Waals surface area contributed by atoms with Crippen molar-refractivity contribution in [3.05, 3.63) is 217 Å². The third kappa shape index (κ3) is 18.9. The highest BCUT2D eigenvalue weighted by Crippen LogP contribution is 2.44. The number of alkyl halides is 9. The van der Waals surface area contributed by atoms with Crippen molar-refractivity contribution in [1.82, 2.24) is 49.9 Å². The quantitative estimate of drug-likeness (QED) is 0.0522. The number of halogens is 10. The van der Waals surface area contributed by atoms with Gasteiger partial charge in [-0.1, -0.05) is 75.4 Å². The van der Waals surface area contributed by atoms with E-state index in [1.54, 1.807) is 61.2 Å². The van der Waals surface area contributed by atoms with Crippen molar-refractivity contribution in [3.8, 4) is 50.6 Å². The van der Waals surface area contributed by atoms with Crippen LogP contribution in [0.25, 0.3) is 33.4 Å². The minimum absolute atomic E-state index is 0.218. The Morgan fingerprint density at radius 1 is 0.464 bits per heavy atom. The molecular weight excluding hydrogens is 1190 g/mol. The van der Waals surface area contributed by atoms with Gasteiger partial charge in [0.05, 0.1) is 23.9 Å². The first-order valence-electron chi connectivity index (χ1n) is 24.1. The van der Waals surface area contributed by atoms with E-state index in [1.807, 2.05) is 26.8 Å². The molecule has 0 bridgehead atoms. The van der Waals surface area contributed by atoms with Crippen LogP contribution in [0.2, 0.25) is 0 Å². The smallest absolute Gasteiger partial charge is 0.406 e. The van der Waals surface area contributed by atoms with Gasteiger partial charge in [-0.25, -0.2) is 40.0 Å². The second-order valence-corrected chi connectivity index (χ2v) is 18.9. The first-order chi connectivity index (χ1) is 39.6. The molecule has 3 aromatic carbocycles. The standard InChI is InChI=1S/C21H20F3N3O2.C17H10F3N3O2.C12H7BrF3NO.C7H9N3O2/c1-19(2,3)20(28,16-11-25-13-26-12-16)18-9-6-15(10-27-18)14-4-7-17(8-5-14)29-21(22,23)24;18-17(19,20)25-14-4-1-11(2-5-14)12-3-6-15(23-9-12)16(24)13-7-21-10-22-8-13;13-11-6-3-9(7-17-11)8-1-4-10(5-2-8)18-12(14,15)16;1-10(12-2)7(11)6-3-8-5-9-4-6/h4-13,28H,1-3H3;1-10H;1-7H;3-5H,1-2H3. The fraction of sp³-hybridized carbons (Fsp3) is 0.175. The van der Waals surface area contributed by atoms with Gasteiger partial charge in [0.1, 0.15) is 52.1 Å². The van der Waals surface area contributed by atoms with Crippen LogP contribution in [0.1, 0.15) is 58.4 Å². The van der Waals surface area contributed by atoms with Crippen LogP contribution >= 0.6 is 15.9 Å². The van der Waals surface area contributed by atoms with Gasteiger partial charge < -0.3 is 19.3 Å². The molecule has 0 radical (unpaired) electrons. The molecule has 6 aromatic heterocycles. The lowest BCUT2D eigenvalue weighted by Crippen LogP contribution is -2.42. The van der Waals surface area contributed by atoms with E-state index in [2.05, 4.69) is 75.0 Å². The topological polar surface area (TPSA) is 211 Å². The molecule has 0 fully saturated rings. The predicted molar refractivity (Wildman–Crippen MR) is 288 cm³/mol. The summed E-state index contributed by atoms with van der Waals surface area (Å²) in [6, 6.07) is 26.7. The Hall–Kier alpha value is -9.34. The minimum Gasteiger partial charge on any atom is -0.406 e. The Balaban J connectivity index is 0.000000188. The van der Waals surface area contributed by atoms with Crippen LogP contribution in [0.3, 0.4) is 0 Å². The molecule has 1 N–H and O–H groups in total. The van der Waals surface area contributed by atoms with Crippen LogP contribution in [0.15, 0.2) is 189 Å². The van der Waals surface area contributed by atoms with Crippen molar-refractivity contribution in [2.24, 2.45) is 5.41 Å². The third-order valence-electron chi connectivity index (χ3n) is 11.4. The number of hydroxylamine groups is 2. The average molecular weight is 1230 g/mol. The molecule has 1 atom stereocenters. The van der Waals surface area contributed by atoms with Gasteiger partial charge in [-0.15, -0.1) is 39.5 Å². The number of nitrogens with zero attached hydrogens (tertiary/aromatic N) is 10. The number of carbonyl (C=O) groups is 2. The number of ketones is 1. The van der Waals surface area contributed by atoms with Crippen LogP contribution in [0, 0.1) is 5.41 Å². The maximum Gasteiger partial charge on any atom is 0.573 e. The average Bonchev–Trinajstić information content (AvgIpc) is 3.63.